The standard InChI is InChI=1S/C53H33N3S.C49H31N3S/c1-2-13-36(14-3-1)48-33-39(43-23-11-18-35-16-5-7-20-41(35)43)31-32-46(48)52-54-51(38-29-27-37(28-30-38)42-22-10-17-34-15-4-6-19-40(34)42)55-53(56-52)47-25-12-24-45-44-21-8-9-26-49(44)57-50(45)47;1-3-13-32(14-4-1)33-25-27-36(28-26-33)47-50-48(52-49(51-47)43-23-12-22-41-40-20-9-10-24-45(40)53-46(41)43)42-30-29-37(31-44(42)35-15-5-2-6-16-35)39-21-11-18-34-17-7-8-19-38(34)39/h1-33H;1-31H. The topological polar surface area (TPSA) is 77.3 Å². The van der Waals surface area contributed by atoms with Crippen LogP contribution >= 0.6 is 22.7 Å². The van der Waals surface area contributed by atoms with E-state index < -0.39 is 0 Å². The number of aromatic nitrogens is 6. The van der Waals surface area contributed by atoms with Crippen LogP contribution in [0.15, 0.2) is 388 Å². The van der Waals surface area contributed by atoms with Gasteiger partial charge in [-0.25, -0.2) is 29.9 Å². The normalized spacial score (nSPS) is 11.5. The molecule has 21 rings (SSSR count). The summed E-state index contributed by atoms with van der Waals surface area (Å²) in [6.07, 6.45) is 0. The van der Waals surface area contributed by atoms with E-state index in [1.807, 2.05) is 6.07 Å². The van der Waals surface area contributed by atoms with E-state index >= 15 is 0 Å². The molecule has 0 spiro atoms. The zero-order chi connectivity index (χ0) is 72.9. The first kappa shape index (κ1) is 65.5. The number of hydrogen-bond donors (Lipinski definition) is 0. The molecule has 21 aromatic rings. The van der Waals surface area contributed by atoms with E-state index in [-0.39, 0.29) is 0 Å². The summed E-state index contributed by atoms with van der Waals surface area (Å²) in [6.45, 7) is 0. The van der Waals surface area contributed by atoms with E-state index in [2.05, 4.69) is 382 Å². The van der Waals surface area contributed by atoms with Gasteiger partial charge in [-0.3, -0.25) is 0 Å². The Kier molecular flexibility index (Phi) is 16.9. The molecule has 6 nitrogen and oxygen atoms in total. The smallest absolute Gasteiger partial charge is 0.165 e. The highest BCUT2D eigenvalue weighted by Crippen LogP contribution is 2.45. The van der Waals surface area contributed by atoms with Crippen LogP contribution in [0.3, 0.4) is 0 Å². The maximum atomic E-state index is 5.34. The van der Waals surface area contributed by atoms with Crippen molar-refractivity contribution in [1.82, 2.24) is 29.9 Å². The highest BCUT2D eigenvalue weighted by Gasteiger charge is 2.23. The average Bonchev–Trinajstić information content (AvgIpc) is 1.53. The lowest BCUT2D eigenvalue weighted by Gasteiger charge is -2.15. The third-order valence-corrected chi connectivity index (χ3v) is 23.4. The number of fused-ring (bicyclic) bond motifs is 9. The van der Waals surface area contributed by atoms with Crippen molar-refractivity contribution >= 4 is 95.3 Å². The van der Waals surface area contributed by atoms with Crippen LogP contribution in [-0.4, -0.2) is 29.9 Å². The molecule has 0 radical (unpaired) electrons. The van der Waals surface area contributed by atoms with E-state index in [0.29, 0.717) is 34.9 Å². The molecule has 0 aliphatic rings. The van der Waals surface area contributed by atoms with Crippen LogP contribution in [0.25, 0.3) is 208 Å². The van der Waals surface area contributed by atoms with Gasteiger partial charge >= 0.3 is 0 Å². The summed E-state index contributed by atoms with van der Waals surface area (Å²) >= 11 is 3.57. The average molecular weight is 1440 g/mol. The third-order valence-electron chi connectivity index (χ3n) is 20.9. The van der Waals surface area contributed by atoms with Crippen LogP contribution in [0.4, 0.5) is 0 Å². The molecule has 8 heteroatoms. The Morgan fingerprint density at radius 1 is 0.145 bits per heavy atom. The molecular formula is C102H64N6S2. The predicted molar refractivity (Wildman–Crippen MR) is 463 cm³/mol. The van der Waals surface area contributed by atoms with Gasteiger partial charge in [0.2, 0.25) is 0 Å². The monoisotopic (exact) mass is 1440 g/mol. The Balaban J connectivity index is 0.000000144. The molecule has 0 saturated heterocycles. The highest BCUT2D eigenvalue weighted by molar-refractivity contribution is 7.26. The second-order valence-electron chi connectivity index (χ2n) is 27.5. The fourth-order valence-corrected chi connectivity index (χ4v) is 18.0. The summed E-state index contributed by atoms with van der Waals surface area (Å²) in [7, 11) is 0. The molecule has 0 unspecified atom stereocenters. The van der Waals surface area contributed by atoms with Gasteiger partial charge in [-0.1, -0.05) is 340 Å². The first-order valence-electron chi connectivity index (χ1n) is 37.0. The molecular weight excluding hydrogens is 1370 g/mol. The van der Waals surface area contributed by atoms with Crippen LogP contribution in [0, 0.1) is 0 Å². The van der Waals surface area contributed by atoms with Crippen molar-refractivity contribution in [3.05, 3.63) is 388 Å². The molecule has 0 amide bonds. The minimum atomic E-state index is 0.634. The van der Waals surface area contributed by atoms with E-state index in [9.17, 15) is 0 Å². The summed E-state index contributed by atoms with van der Waals surface area (Å²) in [6, 6.07) is 137. The second-order valence-corrected chi connectivity index (χ2v) is 29.6. The molecule has 0 atom stereocenters. The molecule has 0 saturated carbocycles. The zero-order valence-corrected chi connectivity index (χ0v) is 61.1. The Labute approximate surface area is 644 Å². The van der Waals surface area contributed by atoms with Crippen LogP contribution in [0.5, 0.6) is 0 Å². The maximum absolute atomic E-state index is 5.34. The van der Waals surface area contributed by atoms with Crippen molar-refractivity contribution in [1.29, 1.82) is 0 Å². The van der Waals surface area contributed by atoms with Gasteiger partial charge in [-0.15, -0.1) is 22.7 Å². The number of thiophene rings is 2. The summed E-state index contributed by atoms with van der Waals surface area (Å²) < 4.78 is 4.83. The molecule has 0 bridgehead atoms. The zero-order valence-electron chi connectivity index (χ0n) is 59.5. The van der Waals surface area contributed by atoms with E-state index in [4.69, 9.17) is 29.9 Å². The molecule has 0 N–H and O–H groups in total. The van der Waals surface area contributed by atoms with Gasteiger partial charge in [0.25, 0.3) is 0 Å². The van der Waals surface area contributed by atoms with Crippen LogP contribution in [-0.2, 0) is 0 Å². The quantitative estimate of drug-likeness (QED) is 0.121. The van der Waals surface area contributed by atoms with Crippen LogP contribution in [0.1, 0.15) is 0 Å². The van der Waals surface area contributed by atoms with Gasteiger partial charge in [0.1, 0.15) is 0 Å². The number of hydrogen-bond acceptors (Lipinski definition) is 8. The Bertz CT molecular complexity index is 7060. The lowest BCUT2D eigenvalue weighted by molar-refractivity contribution is 1.08. The molecule has 514 valence electrons. The largest absolute Gasteiger partial charge is 0.208 e. The molecule has 0 aliphatic heterocycles. The minimum Gasteiger partial charge on any atom is -0.208 e. The van der Waals surface area contributed by atoms with Crippen molar-refractivity contribution in [3.63, 3.8) is 0 Å². The van der Waals surface area contributed by atoms with E-state index in [1.54, 1.807) is 22.7 Å². The second kappa shape index (κ2) is 28.4. The van der Waals surface area contributed by atoms with Crippen molar-refractivity contribution in [2.24, 2.45) is 0 Å². The van der Waals surface area contributed by atoms with E-state index in [1.165, 1.54) is 94.9 Å². The Morgan fingerprint density at radius 2 is 0.409 bits per heavy atom. The van der Waals surface area contributed by atoms with Gasteiger partial charge in [-0.2, -0.15) is 0 Å². The first-order chi connectivity index (χ1) is 54.5. The van der Waals surface area contributed by atoms with Gasteiger partial charge in [0.15, 0.2) is 34.9 Å². The van der Waals surface area contributed by atoms with Gasteiger partial charge in [0, 0.05) is 73.7 Å². The molecule has 0 aliphatic carbocycles. The molecule has 0 fully saturated rings. The summed E-state index contributed by atoms with van der Waals surface area (Å²) in [5.74, 6) is 3.86. The van der Waals surface area contributed by atoms with Crippen molar-refractivity contribution in [3.8, 4) is 135 Å². The number of rotatable bonds is 12. The van der Waals surface area contributed by atoms with Crippen molar-refractivity contribution < 1.29 is 0 Å². The van der Waals surface area contributed by atoms with Crippen molar-refractivity contribution in [2.75, 3.05) is 0 Å². The third kappa shape index (κ3) is 12.3. The summed E-state index contributed by atoms with van der Waals surface area (Å²) in [4.78, 5) is 31.7. The van der Waals surface area contributed by atoms with Crippen LogP contribution in [0.2, 0.25) is 0 Å². The van der Waals surface area contributed by atoms with Crippen LogP contribution < -0.4 is 0 Å². The maximum Gasteiger partial charge on any atom is 0.165 e. The lowest BCUT2D eigenvalue weighted by Crippen LogP contribution is -2.01. The Morgan fingerprint density at radius 3 is 0.827 bits per heavy atom. The van der Waals surface area contributed by atoms with Gasteiger partial charge in [0.05, 0.1) is 0 Å². The van der Waals surface area contributed by atoms with Crippen molar-refractivity contribution in [2.45, 2.75) is 0 Å². The SMILES string of the molecule is c1ccc(-c2cc(-c3cccc4ccccc34)ccc2-c2nc(-c3ccc(-c4cccc5ccccc45)cc3)nc(-c3cccc4c3sc3ccccc34)n2)cc1.c1ccc(-c2ccc(-c3nc(-c4ccc(-c5cccc6ccccc56)cc4-c4ccccc4)nc(-c4cccc5c4sc4ccccc45)n3)cc2)cc1. The molecule has 4 aromatic heterocycles. The Hall–Kier alpha value is -14.0. The first-order valence-corrected chi connectivity index (χ1v) is 38.6. The van der Waals surface area contributed by atoms with Gasteiger partial charge < -0.3 is 0 Å². The fourth-order valence-electron chi connectivity index (χ4n) is 15.5. The number of nitrogens with zero attached hydrogens (tertiary/aromatic N) is 6. The van der Waals surface area contributed by atoms with E-state index in [0.717, 1.165) is 77.9 Å². The lowest BCUT2D eigenvalue weighted by atomic mass is 9.92. The highest BCUT2D eigenvalue weighted by atomic mass is 32.1. The number of benzene rings is 17. The van der Waals surface area contributed by atoms with Gasteiger partial charge in [-0.05, 0) is 148 Å². The summed E-state index contributed by atoms with van der Waals surface area (Å²) in [5.41, 5.74) is 19.5. The summed E-state index contributed by atoms with van der Waals surface area (Å²) in [5, 5.41) is 12.2. The predicted octanol–water partition coefficient (Wildman–Crippen LogP) is 27.9. The molecule has 17 aromatic carbocycles. The fraction of sp³-hybridized carbons (Fsp3) is 0. The molecule has 110 heavy (non-hydrogen) atoms. The molecule has 4 heterocycles. The minimum absolute atomic E-state index is 0.634.